The van der Waals surface area contributed by atoms with Crippen molar-refractivity contribution in [2.45, 2.75) is 13.0 Å². The molecule has 2 aromatic carbocycles. The van der Waals surface area contributed by atoms with Crippen LogP contribution in [-0.2, 0) is 19.1 Å². The molecule has 2 aromatic rings. The number of ether oxygens (including phenoxy) is 4. The summed E-state index contributed by atoms with van der Waals surface area (Å²) in [5.74, 6) is -1.59. The van der Waals surface area contributed by atoms with Crippen molar-refractivity contribution in [3.8, 4) is 17.2 Å². The Morgan fingerprint density at radius 2 is 1.88 bits per heavy atom. The smallest absolute Gasteiger partial charge is 0.387 e. The Kier molecular flexibility index (Phi) is 6.57. The summed E-state index contributed by atoms with van der Waals surface area (Å²) < 4.78 is 45.3. The number of alkyl halides is 2. The van der Waals surface area contributed by atoms with Gasteiger partial charge in [-0.25, -0.2) is 0 Å². The highest BCUT2D eigenvalue weighted by Crippen LogP contribution is 2.36. The van der Waals surface area contributed by atoms with E-state index in [2.05, 4.69) is 10.1 Å². The zero-order chi connectivity index (χ0) is 23.4. The van der Waals surface area contributed by atoms with Crippen molar-refractivity contribution in [2.75, 3.05) is 36.6 Å². The minimum Gasteiger partial charge on any atom is -0.486 e. The summed E-state index contributed by atoms with van der Waals surface area (Å²) in [4.78, 5) is 38.4. The van der Waals surface area contributed by atoms with E-state index in [9.17, 15) is 23.2 Å². The Morgan fingerprint density at radius 3 is 2.67 bits per heavy atom. The molecule has 1 saturated heterocycles. The lowest BCUT2D eigenvalue weighted by atomic mass is 10.1. The molecule has 4 rings (SSSR count). The maximum absolute atomic E-state index is 12.5. The van der Waals surface area contributed by atoms with Crippen LogP contribution in [0.25, 0.3) is 0 Å². The summed E-state index contributed by atoms with van der Waals surface area (Å²) >= 11 is 0. The summed E-state index contributed by atoms with van der Waals surface area (Å²) in [6, 6.07) is 10.7. The van der Waals surface area contributed by atoms with Gasteiger partial charge in [-0.3, -0.25) is 14.4 Å². The van der Waals surface area contributed by atoms with Crippen LogP contribution in [-0.4, -0.2) is 50.8 Å². The van der Waals surface area contributed by atoms with Crippen LogP contribution in [0.3, 0.4) is 0 Å². The molecule has 0 aliphatic carbocycles. The molecule has 0 radical (unpaired) electrons. The van der Waals surface area contributed by atoms with Crippen molar-refractivity contribution in [1.29, 1.82) is 0 Å². The summed E-state index contributed by atoms with van der Waals surface area (Å²) in [6.45, 7) is -2.76. The fourth-order valence-corrected chi connectivity index (χ4v) is 3.52. The van der Waals surface area contributed by atoms with Crippen LogP contribution in [0.1, 0.15) is 6.42 Å². The van der Waals surface area contributed by atoms with Crippen LogP contribution < -0.4 is 24.4 Å². The van der Waals surface area contributed by atoms with Crippen LogP contribution in [0, 0.1) is 5.92 Å². The van der Waals surface area contributed by atoms with E-state index in [1.165, 1.54) is 29.2 Å². The number of carbonyl (C=O) groups excluding carboxylic acids is 3. The molecule has 11 heteroatoms. The molecule has 0 saturated carbocycles. The Balaban J connectivity index is 1.32. The number of fused-ring (bicyclic) bond motifs is 1. The van der Waals surface area contributed by atoms with Crippen LogP contribution in [0.15, 0.2) is 42.5 Å². The molecule has 2 aliphatic rings. The number of hydrogen-bond donors (Lipinski definition) is 1. The van der Waals surface area contributed by atoms with Gasteiger partial charge in [0.15, 0.2) is 18.1 Å². The lowest BCUT2D eigenvalue weighted by Crippen LogP contribution is -2.28. The van der Waals surface area contributed by atoms with Gasteiger partial charge in [-0.2, -0.15) is 8.78 Å². The summed E-state index contributed by atoms with van der Waals surface area (Å²) in [7, 11) is 0. The van der Waals surface area contributed by atoms with Crippen molar-refractivity contribution in [3.63, 3.8) is 0 Å². The summed E-state index contributed by atoms with van der Waals surface area (Å²) in [5.41, 5.74) is 0.576. The SMILES string of the molecule is O=C(COC(=O)[C@H]1CC(=O)N(c2ccc3c(c2)OCCO3)C1)Nc1ccccc1OC(F)F. The molecule has 1 N–H and O–H groups in total. The zero-order valence-corrected chi connectivity index (χ0v) is 17.3. The van der Waals surface area contributed by atoms with Crippen LogP contribution in [0.4, 0.5) is 20.2 Å². The number of hydrogen-bond acceptors (Lipinski definition) is 7. The van der Waals surface area contributed by atoms with E-state index in [1.54, 1.807) is 18.2 Å². The maximum atomic E-state index is 12.5. The summed E-state index contributed by atoms with van der Waals surface area (Å²) in [5, 5.41) is 2.36. The highest BCUT2D eigenvalue weighted by Gasteiger charge is 2.37. The Hall–Kier alpha value is -3.89. The predicted octanol–water partition coefficient (Wildman–Crippen LogP) is 2.59. The highest BCUT2D eigenvalue weighted by atomic mass is 19.3. The number of carbonyl (C=O) groups is 3. The molecule has 0 aromatic heterocycles. The van der Waals surface area contributed by atoms with E-state index in [4.69, 9.17) is 14.2 Å². The number of amides is 2. The third kappa shape index (κ3) is 5.30. The Labute approximate surface area is 187 Å². The van der Waals surface area contributed by atoms with Gasteiger partial charge in [-0.05, 0) is 24.3 Å². The predicted molar refractivity (Wildman–Crippen MR) is 111 cm³/mol. The minimum atomic E-state index is -3.06. The van der Waals surface area contributed by atoms with Gasteiger partial charge in [0.1, 0.15) is 19.0 Å². The molecule has 174 valence electrons. The molecular formula is C22H20F2N2O7. The van der Waals surface area contributed by atoms with Gasteiger partial charge in [0.2, 0.25) is 5.91 Å². The monoisotopic (exact) mass is 462 g/mol. The van der Waals surface area contributed by atoms with Gasteiger partial charge in [0.05, 0.1) is 11.6 Å². The first-order chi connectivity index (χ1) is 15.9. The second-order valence-corrected chi connectivity index (χ2v) is 7.26. The van der Waals surface area contributed by atoms with Crippen molar-refractivity contribution in [1.82, 2.24) is 0 Å². The van der Waals surface area contributed by atoms with Gasteiger partial charge in [0, 0.05) is 24.7 Å². The molecule has 9 nitrogen and oxygen atoms in total. The number of rotatable bonds is 7. The number of halogens is 2. The molecule has 0 spiro atoms. The zero-order valence-electron chi connectivity index (χ0n) is 17.3. The van der Waals surface area contributed by atoms with Crippen molar-refractivity contribution in [2.24, 2.45) is 5.92 Å². The first-order valence-corrected chi connectivity index (χ1v) is 10.1. The third-order valence-electron chi connectivity index (χ3n) is 5.02. The van der Waals surface area contributed by atoms with E-state index >= 15 is 0 Å². The highest BCUT2D eigenvalue weighted by molar-refractivity contribution is 6.00. The van der Waals surface area contributed by atoms with Gasteiger partial charge in [-0.15, -0.1) is 0 Å². The molecule has 33 heavy (non-hydrogen) atoms. The fourth-order valence-electron chi connectivity index (χ4n) is 3.52. The molecule has 0 unspecified atom stereocenters. The third-order valence-corrected chi connectivity index (χ3v) is 5.02. The average molecular weight is 462 g/mol. The molecule has 2 aliphatic heterocycles. The van der Waals surface area contributed by atoms with E-state index < -0.39 is 31.0 Å². The Morgan fingerprint density at radius 1 is 1.12 bits per heavy atom. The minimum absolute atomic E-state index is 0.0136. The normalized spacial score (nSPS) is 17.1. The number of benzene rings is 2. The standard InChI is InChI=1S/C22H20F2N2O7/c23-22(24)33-16-4-2-1-3-15(16)25-19(27)12-32-21(29)13-9-20(28)26(11-13)14-5-6-17-18(10-14)31-8-7-30-17/h1-6,10,13,22H,7-9,11-12H2,(H,25,27)/t13-/m0/s1. The number of nitrogens with one attached hydrogen (secondary N) is 1. The van der Waals surface area contributed by atoms with Crippen molar-refractivity contribution in [3.05, 3.63) is 42.5 Å². The number of nitrogens with zero attached hydrogens (tertiary/aromatic N) is 1. The van der Waals surface area contributed by atoms with E-state index in [0.717, 1.165) is 0 Å². The topological polar surface area (TPSA) is 103 Å². The average Bonchev–Trinajstić information content (AvgIpc) is 3.20. The molecular weight excluding hydrogens is 442 g/mol. The van der Waals surface area contributed by atoms with Gasteiger partial charge >= 0.3 is 12.6 Å². The van der Waals surface area contributed by atoms with Crippen LogP contribution in [0.2, 0.25) is 0 Å². The van der Waals surface area contributed by atoms with Crippen LogP contribution >= 0.6 is 0 Å². The molecule has 1 fully saturated rings. The van der Waals surface area contributed by atoms with E-state index in [-0.39, 0.29) is 30.3 Å². The lowest BCUT2D eigenvalue weighted by Gasteiger charge is -2.22. The second kappa shape index (κ2) is 9.72. The first-order valence-electron chi connectivity index (χ1n) is 10.1. The van der Waals surface area contributed by atoms with Gasteiger partial charge in [0.25, 0.3) is 5.91 Å². The number of esters is 1. The molecule has 1 atom stereocenters. The van der Waals surface area contributed by atoms with E-state index in [1.807, 2.05) is 0 Å². The molecule has 0 bridgehead atoms. The summed E-state index contributed by atoms with van der Waals surface area (Å²) in [6.07, 6.45) is -0.0695. The fraction of sp³-hybridized carbons (Fsp3) is 0.318. The molecule has 2 heterocycles. The van der Waals surface area contributed by atoms with Gasteiger partial charge in [-0.1, -0.05) is 12.1 Å². The second-order valence-electron chi connectivity index (χ2n) is 7.26. The maximum Gasteiger partial charge on any atom is 0.387 e. The number of anilines is 2. The van der Waals surface area contributed by atoms with Gasteiger partial charge < -0.3 is 29.2 Å². The number of para-hydroxylation sites is 2. The lowest BCUT2D eigenvalue weighted by molar-refractivity contribution is -0.151. The van der Waals surface area contributed by atoms with Crippen molar-refractivity contribution >= 4 is 29.2 Å². The quantitative estimate of drug-likeness (QED) is 0.631. The molecule has 2 amide bonds. The Bertz CT molecular complexity index is 1060. The van der Waals surface area contributed by atoms with Crippen LogP contribution in [0.5, 0.6) is 17.2 Å². The van der Waals surface area contributed by atoms with Crippen molar-refractivity contribution < 1.29 is 42.1 Å². The largest absolute Gasteiger partial charge is 0.486 e. The first kappa shape index (κ1) is 22.3. The van der Waals surface area contributed by atoms with E-state index in [0.29, 0.717) is 30.4 Å².